The first-order valence-electron chi connectivity index (χ1n) is 6.50. The molecule has 21 heavy (non-hydrogen) atoms. The topological polar surface area (TPSA) is 47.6 Å². The standard InChI is InChI=1S/C16H16FNO3/c1-20-13-8-6-12(7-9-13)16(19)18-10-11-21-15-5-3-2-4-14(15)17/h2-9H,10-11H2,1H3,(H,18,19). The molecule has 0 unspecified atom stereocenters. The van der Waals surface area contributed by atoms with Crippen LogP contribution in [0.1, 0.15) is 10.4 Å². The maximum Gasteiger partial charge on any atom is 0.251 e. The number of halogens is 1. The number of hydrogen-bond acceptors (Lipinski definition) is 3. The van der Waals surface area contributed by atoms with Crippen molar-refractivity contribution in [1.82, 2.24) is 5.32 Å². The summed E-state index contributed by atoms with van der Waals surface area (Å²) in [5.74, 6) is 0.236. The van der Waals surface area contributed by atoms with E-state index in [-0.39, 0.29) is 18.3 Å². The normalized spacial score (nSPS) is 10.0. The average Bonchev–Trinajstić information content (AvgIpc) is 2.53. The van der Waals surface area contributed by atoms with Gasteiger partial charge in [-0.05, 0) is 36.4 Å². The molecule has 0 saturated carbocycles. The lowest BCUT2D eigenvalue weighted by Gasteiger charge is -2.08. The second-order valence-corrected chi connectivity index (χ2v) is 4.26. The third-order valence-electron chi connectivity index (χ3n) is 2.83. The predicted molar refractivity (Wildman–Crippen MR) is 77.2 cm³/mol. The Hall–Kier alpha value is -2.56. The van der Waals surface area contributed by atoms with Crippen molar-refractivity contribution in [3.63, 3.8) is 0 Å². The van der Waals surface area contributed by atoms with E-state index in [2.05, 4.69) is 5.32 Å². The third kappa shape index (κ3) is 4.21. The van der Waals surface area contributed by atoms with Crippen LogP contribution in [0.25, 0.3) is 0 Å². The molecular weight excluding hydrogens is 273 g/mol. The Balaban J connectivity index is 1.77. The molecule has 0 aliphatic carbocycles. The van der Waals surface area contributed by atoms with Crippen LogP contribution in [0, 0.1) is 5.82 Å². The Labute approximate surface area is 122 Å². The van der Waals surface area contributed by atoms with Crippen LogP contribution in [0.5, 0.6) is 11.5 Å². The molecule has 0 aliphatic rings. The average molecular weight is 289 g/mol. The Morgan fingerprint density at radius 3 is 2.52 bits per heavy atom. The van der Waals surface area contributed by atoms with E-state index in [0.29, 0.717) is 17.9 Å². The number of carbonyl (C=O) groups excluding carboxylic acids is 1. The third-order valence-corrected chi connectivity index (χ3v) is 2.83. The molecule has 1 N–H and O–H groups in total. The summed E-state index contributed by atoms with van der Waals surface area (Å²) in [5.41, 5.74) is 0.529. The maximum absolute atomic E-state index is 13.3. The number of rotatable bonds is 6. The predicted octanol–water partition coefficient (Wildman–Crippen LogP) is 2.64. The molecule has 0 radical (unpaired) electrons. The van der Waals surface area contributed by atoms with E-state index in [0.717, 1.165) is 0 Å². The molecule has 0 heterocycles. The van der Waals surface area contributed by atoms with Crippen molar-refractivity contribution in [2.75, 3.05) is 20.3 Å². The first-order valence-corrected chi connectivity index (χ1v) is 6.50. The molecular formula is C16H16FNO3. The number of carbonyl (C=O) groups is 1. The van der Waals surface area contributed by atoms with E-state index in [1.54, 1.807) is 49.6 Å². The first kappa shape index (κ1) is 14.8. The molecule has 2 aromatic carbocycles. The molecule has 0 saturated heterocycles. The van der Waals surface area contributed by atoms with Crippen molar-refractivity contribution in [3.8, 4) is 11.5 Å². The smallest absolute Gasteiger partial charge is 0.251 e. The zero-order valence-corrected chi connectivity index (χ0v) is 11.6. The summed E-state index contributed by atoms with van der Waals surface area (Å²) in [6.07, 6.45) is 0. The molecule has 0 spiro atoms. The van der Waals surface area contributed by atoms with Crippen LogP contribution >= 0.6 is 0 Å². The van der Waals surface area contributed by atoms with E-state index in [1.807, 2.05) is 0 Å². The number of para-hydroxylation sites is 1. The highest BCUT2D eigenvalue weighted by Crippen LogP contribution is 2.15. The Morgan fingerprint density at radius 2 is 1.86 bits per heavy atom. The molecule has 1 amide bonds. The van der Waals surface area contributed by atoms with Gasteiger partial charge in [0.2, 0.25) is 0 Å². The molecule has 0 fully saturated rings. The van der Waals surface area contributed by atoms with Gasteiger partial charge in [-0.3, -0.25) is 4.79 Å². The maximum atomic E-state index is 13.3. The molecule has 0 aromatic heterocycles. The van der Waals surface area contributed by atoms with Gasteiger partial charge < -0.3 is 14.8 Å². The largest absolute Gasteiger partial charge is 0.497 e. The molecule has 4 nitrogen and oxygen atoms in total. The molecule has 2 rings (SSSR count). The van der Waals surface area contributed by atoms with Gasteiger partial charge in [0.15, 0.2) is 11.6 Å². The molecule has 2 aromatic rings. The lowest BCUT2D eigenvalue weighted by Crippen LogP contribution is -2.28. The van der Waals surface area contributed by atoms with Gasteiger partial charge >= 0.3 is 0 Å². The SMILES string of the molecule is COc1ccc(C(=O)NCCOc2ccccc2F)cc1. The number of benzene rings is 2. The van der Waals surface area contributed by atoms with Gasteiger partial charge in [0.1, 0.15) is 12.4 Å². The van der Waals surface area contributed by atoms with E-state index < -0.39 is 5.82 Å². The van der Waals surface area contributed by atoms with Crippen LogP contribution in [-0.4, -0.2) is 26.2 Å². The van der Waals surface area contributed by atoms with Gasteiger partial charge in [0, 0.05) is 5.56 Å². The lowest BCUT2D eigenvalue weighted by molar-refractivity contribution is 0.0946. The summed E-state index contributed by atoms with van der Waals surface area (Å²) in [6.45, 7) is 0.488. The number of methoxy groups -OCH3 is 1. The monoisotopic (exact) mass is 289 g/mol. The summed E-state index contributed by atoms with van der Waals surface area (Å²) in [4.78, 5) is 11.8. The number of ether oxygens (including phenoxy) is 2. The van der Waals surface area contributed by atoms with Crippen molar-refractivity contribution in [2.24, 2.45) is 0 Å². The van der Waals surface area contributed by atoms with Crippen molar-refractivity contribution in [2.45, 2.75) is 0 Å². The second kappa shape index (κ2) is 7.28. The Kier molecular flexibility index (Phi) is 5.15. The minimum Gasteiger partial charge on any atom is -0.497 e. The fourth-order valence-corrected chi connectivity index (χ4v) is 1.73. The van der Waals surface area contributed by atoms with Crippen LogP contribution < -0.4 is 14.8 Å². The number of hydrogen-bond donors (Lipinski definition) is 1. The Bertz CT molecular complexity index is 599. The lowest BCUT2D eigenvalue weighted by atomic mass is 10.2. The molecule has 5 heteroatoms. The van der Waals surface area contributed by atoms with Gasteiger partial charge in [-0.2, -0.15) is 0 Å². The highest BCUT2D eigenvalue weighted by atomic mass is 19.1. The van der Waals surface area contributed by atoms with Gasteiger partial charge in [-0.1, -0.05) is 12.1 Å². The molecule has 0 aliphatic heterocycles. The van der Waals surface area contributed by atoms with Crippen LogP contribution in [0.3, 0.4) is 0 Å². The highest BCUT2D eigenvalue weighted by molar-refractivity contribution is 5.94. The van der Waals surface area contributed by atoms with Crippen LogP contribution in [0.15, 0.2) is 48.5 Å². The van der Waals surface area contributed by atoms with Crippen molar-refractivity contribution in [3.05, 3.63) is 59.9 Å². The second-order valence-electron chi connectivity index (χ2n) is 4.26. The number of nitrogens with one attached hydrogen (secondary N) is 1. The fraction of sp³-hybridized carbons (Fsp3) is 0.188. The van der Waals surface area contributed by atoms with E-state index in [4.69, 9.17) is 9.47 Å². The van der Waals surface area contributed by atoms with Crippen LogP contribution in [-0.2, 0) is 0 Å². The van der Waals surface area contributed by atoms with Crippen molar-refractivity contribution in [1.29, 1.82) is 0 Å². The fourth-order valence-electron chi connectivity index (χ4n) is 1.73. The van der Waals surface area contributed by atoms with E-state index in [1.165, 1.54) is 6.07 Å². The van der Waals surface area contributed by atoms with Gasteiger partial charge in [0.25, 0.3) is 5.91 Å². The first-order chi connectivity index (χ1) is 10.2. The summed E-state index contributed by atoms with van der Waals surface area (Å²) < 4.78 is 23.6. The van der Waals surface area contributed by atoms with E-state index in [9.17, 15) is 9.18 Å². The van der Waals surface area contributed by atoms with Crippen molar-refractivity contribution < 1.29 is 18.7 Å². The summed E-state index contributed by atoms with van der Waals surface area (Å²) in [7, 11) is 1.56. The van der Waals surface area contributed by atoms with Gasteiger partial charge in [0.05, 0.1) is 13.7 Å². The quantitative estimate of drug-likeness (QED) is 0.832. The minimum absolute atomic E-state index is 0.177. The molecule has 0 bridgehead atoms. The summed E-state index contributed by atoms with van der Waals surface area (Å²) >= 11 is 0. The van der Waals surface area contributed by atoms with Gasteiger partial charge in [-0.25, -0.2) is 4.39 Å². The molecule has 110 valence electrons. The minimum atomic E-state index is -0.418. The zero-order chi connectivity index (χ0) is 15.1. The van der Waals surface area contributed by atoms with Gasteiger partial charge in [-0.15, -0.1) is 0 Å². The zero-order valence-electron chi connectivity index (χ0n) is 11.6. The van der Waals surface area contributed by atoms with Crippen molar-refractivity contribution >= 4 is 5.91 Å². The van der Waals surface area contributed by atoms with E-state index >= 15 is 0 Å². The van der Waals surface area contributed by atoms with Crippen LogP contribution in [0.2, 0.25) is 0 Å². The summed E-state index contributed by atoms with van der Waals surface area (Å²) in [5, 5.41) is 2.70. The Morgan fingerprint density at radius 1 is 1.14 bits per heavy atom. The van der Waals surface area contributed by atoms with Crippen LogP contribution in [0.4, 0.5) is 4.39 Å². The molecule has 0 atom stereocenters. The summed E-state index contributed by atoms with van der Waals surface area (Å²) in [6, 6.07) is 12.9. The number of amides is 1. The highest BCUT2D eigenvalue weighted by Gasteiger charge is 2.05.